The van der Waals surface area contributed by atoms with Gasteiger partial charge in [-0.1, -0.05) is 42.1 Å². The fourth-order valence-electron chi connectivity index (χ4n) is 2.82. The number of thioether (sulfide) groups is 1. The van der Waals surface area contributed by atoms with Crippen molar-refractivity contribution in [1.82, 2.24) is 15.2 Å². The lowest BCUT2D eigenvalue weighted by Gasteiger charge is -2.03. The lowest BCUT2D eigenvalue weighted by Crippen LogP contribution is -2.54. The molecule has 0 amide bonds. The van der Waals surface area contributed by atoms with Crippen LogP contribution >= 0.6 is 11.8 Å². The SMILES string of the molecule is [NH3+][C@@H](Cc1c[nH]c2ccccc12)c1nnc(SCc2ccc(F)cc2)o1. The maximum absolute atomic E-state index is 12.9. The Labute approximate surface area is 153 Å². The number of nitrogens with one attached hydrogen (secondary N) is 1. The predicted octanol–water partition coefficient (Wildman–Crippen LogP) is 3.51. The van der Waals surface area contributed by atoms with Crippen LogP contribution in [0.2, 0.25) is 0 Å². The predicted molar refractivity (Wildman–Crippen MR) is 97.9 cm³/mol. The van der Waals surface area contributed by atoms with Gasteiger partial charge >= 0.3 is 0 Å². The lowest BCUT2D eigenvalue weighted by atomic mass is 10.1. The summed E-state index contributed by atoms with van der Waals surface area (Å²) in [6.07, 6.45) is 2.72. The van der Waals surface area contributed by atoms with Crippen LogP contribution in [0.4, 0.5) is 4.39 Å². The molecule has 0 fully saturated rings. The maximum atomic E-state index is 12.9. The first kappa shape index (κ1) is 16.8. The molecule has 0 spiro atoms. The van der Waals surface area contributed by atoms with E-state index in [1.54, 1.807) is 12.1 Å². The Balaban J connectivity index is 1.41. The molecule has 0 radical (unpaired) electrons. The Morgan fingerprint density at radius 2 is 1.92 bits per heavy atom. The topological polar surface area (TPSA) is 82.4 Å². The number of benzene rings is 2. The molecule has 0 aliphatic carbocycles. The first-order valence-electron chi connectivity index (χ1n) is 8.28. The molecule has 1 atom stereocenters. The van der Waals surface area contributed by atoms with Crippen LogP contribution < -0.4 is 5.73 Å². The van der Waals surface area contributed by atoms with E-state index >= 15 is 0 Å². The van der Waals surface area contributed by atoms with Crippen molar-refractivity contribution in [2.45, 2.75) is 23.4 Å². The molecule has 5 nitrogen and oxygen atoms in total. The highest BCUT2D eigenvalue weighted by molar-refractivity contribution is 7.98. The molecule has 0 saturated carbocycles. The van der Waals surface area contributed by atoms with Gasteiger partial charge in [-0.3, -0.25) is 0 Å². The number of quaternary nitrogens is 1. The molecule has 0 aliphatic rings. The molecule has 7 heteroatoms. The van der Waals surface area contributed by atoms with E-state index in [9.17, 15) is 4.39 Å². The molecule has 4 N–H and O–H groups in total. The highest BCUT2D eigenvalue weighted by Crippen LogP contribution is 2.25. The van der Waals surface area contributed by atoms with Crippen molar-refractivity contribution in [2.24, 2.45) is 0 Å². The molecule has 2 aromatic carbocycles. The Kier molecular flexibility index (Phi) is 4.73. The summed E-state index contributed by atoms with van der Waals surface area (Å²) >= 11 is 1.43. The number of H-pyrrole nitrogens is 1. The van der Waals surface area contributed by atoms with E-state index in [0.29, 0.717) is 23.3 Å². The van der Waals surface area contributed by atoms with E-state index in [1.807, 2.05) is 24.4 Å². The van der Waals surface area contributed by atoms with Crippen LogP contribution in [0.15, 0.2) is 64.4 Å². The third kappa shape index (κ3) is 3.63. The standard InChI is InChI=1S/C19H17FN4OS/c20-14-7-5-12(6-8-14)11-26-19-24-23-18(25-19)16(21)9-13-10-22-17-4-2-1-3-15(13)17/h1-8,10,16,22H,9,11,21H2/p+1/t16-/m0/s1. The van der Waals surface area contributed by atoms with E-state index in [2.05, 4.69) is 27.0 Å². The zero-order chi connectivity index (χ0) is 17.9. The number of hydrogen-bond acceptors (Lipinski definition) is 4. The molecule has 0 unspecified atom stereocenters. The fraction of sp³-hybridized carbons (Fsp3) is 0.158. The van der Waals surface area contributed by atoms with Crippen LogP contribution in [0.3, 0.4) is 0 Å². The number of fused-ring (bicyclic) bond motifs is 1. The molecule has 4 rings (SSSR count). The number of aromatic amines is 1. The number of aromatic nitrogens is 3. The minimum absolute atomic E-state index is 0.123. The molecule has 0 aliphatic heterocycles. The molecule has 26 heavy (non-hydrogen) atoms. The van der Waals surface area contributed by atoms with Crippen molar-refractivity contribution in [1.29, 1.82) is 0 Å². The number of rotatable bonds is 6. The Bertz CT molecular complexity index is 1010. The molecule has 2 heterocycles. The van der Waals surface area contributed by atoms with Crippen molar-refractivity contribution in [3.05, 3.63) is 77.6 Å². The first-order chi connectivity index (χ1) is 12.7. The van der Waals surface area contributed by atoms with Gasteiger partial charge in [-0.15, -0.1) is 10.2 Å². The van der Waals surface area contributed by atoms with Gasteiger partial charge in [-0.25, -0.2) is 4.39 Å². The summed E-state index contributed by atoms with van der Waals surface area (Å²) in [5, 5.41) is 9.90. The van der Waals surface area contributed by atoms with Gasteiger partial charge in [0.05, 0.1) is 0 Å². The third-order valence-electron chi connectivity index (χ3n) is 4.19. The van der Waals surface area contributed by atoms with E-state index in [4.69, 9.17) is 4.42 Å². The van der Waals surface area contributed by atoms with Gasteiger partial charge in [0.15, 0.2) is 6.04 Å². The van der Waals surface area contributed by atoms with Crippen LogP contribution in [0.5, 0.6) is 0 Å². The largest absolute Gasteiger partial charge is 0.410 e. The van der Waals surface area contributed by atoms with Crippen LogP contribution in [0, 0.1) is 5.82 Å². The summed E-state index contributed by atoms with van der Waals surface area (Å²) in [6.45, 7) is 0. The molecular weight excluding hydrogens is 351 g/mol. The quantitative estimate of drug-likeness (QED) is 0.510. The van der Waals surface area contributed by atoms with Gasteiger partial charge in [0.1, 0.15) is 5.82 Å². The van der Waals surface area contributed by atoms with Crippen LogP contribution in [0.25, 0.3) is 10.9 Å². The maximum Gasteiger partial charge on any atom is 0.277 e. The Morgan fingerprint density at radius 1 is 1.12 bits per heavy atom. The highest BCUT2D eigenvalue weighted by Gasteiger charge is 2.20. The fourth-order valence-corrected chi connectivity index (χ4v) is 3.55. The van der Waals surface area contributed by atoms with Gasteiger partial charge in [-0.2, -0.15) is 0 Å². The van der Waals surface area contributed by atoms with E-state index in [1.165, 1.54) is 34.8 Å². The second-order valence-electron chi connectivity index (χ2n) is 6.08. The van der Waals surface area contributed by atoms with E-state index in [-0.39, 0.29) is 11.9 Å². The molecule has 2 aromatic heterocycles. The van der Waals surface area contributed by atoms with Crippen molar-refractivity contribution in [3.8, 4) is 0 Å². The normalized spacial score (nSPS) is 12.5. The van der Waals surface area contributed by atoms with Crippen LogP contribution in [-0.2, 0) is 12.2 Å². The number of halogens is 1. The zero-order valence-electron chi connectivity index (χ0n) is 14.0. The smallest absolute Gasteiger partial charge is 0.277 e. The molecule has 132 valence electrons. The summed E-state index contributed by atoms with van der Waals surface area (Å²) in [5.74, 6) is 0.930. The second-order valence-corrected chi connectivity index (χ2v) is 7.01. The number of para-hydroxylation sites is 1. The van der Waals surface area contributed by atoms with Crippen molar-refractivity contribution >= 4 is 22.7 Å². The summed E-state index contributed by atoms with van der Waals surface area (Å²) in [6, 6.07) is 14.4. The molecule has 0 bridgehead atoms. The lowest BCUT2D eigenvalue weighted by molar-refractivity contribution is -0.431. The summed E-state index contributed by atoms with van der Waals surface area (Å²) in [5.41, 5.74) is 7.46. The van der Waals surface area contributed by atoms with E-state index < -0.39 is 0 Å². The monoisotopic (exact) mass is 369 g/mol. The molecular formula is C19H18FN4OS+. The van der Waals surface area contributed by atoms with Crippen LogP contribution in [-0.4, -0.2) is 15.2 Å². The minimum atomic E-state index is -0.240. The second kappa shape index (κ2) is 7.31. The average molecular weight is 369 g/mol. The first-order valence-corrected chi connectivity index (χ1v) is 9.26. The van der Waals surface area contributed by atoms with Gasteiger partial charge in [0.25, 0.3) is 11.1 Å². The van der Waals surface area contributed by atoms with E-state index in [0.717, 1.165) is 11.1 Å². The van der Waals surface area contributed by atoms with Gasteiger partial charge in [0, 0.05) is 29.3 Å². The van der Waals surface area contributed by atoms with Gasteiger partial charge in [-0.05, 0) is 29.3 Å². The Hall–Kier alpha value is -2.64. The van der Waals surface area contributed by atoms with Gasteiger partial charge in [0.2, 0.25) is 0 Å². The highest BCUT2D eigenvalue weighted by atomic mass is 32.2. The van der Waals surface area contributed by atoms with Crippen molar-refractivity contribution in [2.75, 3.05) is 0 Å². The number of hydrogen-bond donors (Lipinski definition) is 2. The van der Waals surface area contributed by atoms with Gasteiger partial charge < -0.3 is 15.1 Å². The summed E-state index contributed by atoms with van der Waals surface area (Å²) < 4.78 is 18.7. The minimum Gasteiger partial charge on any atom is -0.410 e. The summed E-state index contributed by atoms with van der Waals surface area (Å²) in [7, 11) is 0. The van der Waals surface area contributed by atoms with Crippen molar-refractivity contribution in [3.63, 3.8) is 0 Å². The molecule has 0 saturated heterocycles. The molecule has 4 aromatic rings. The number of nitrogens with zero attached hydrogens (tertiary/aromatic N) is 2. The summed E-state index contributed by atoms with van der Waals surface area (Å²) in [4.78, 5) is 3.27. The zero-order valence-corrected chi connectivity index (χ0v) is 14.8. The average Bonchev–Trinajstić information content (AvgIpc) is 3.29. The third-order valence-corrected chi connectivity index (χ3v) is 5.08. The Morgan fingerprint density at radius 3 is 2.77 bits per heavy atom. The van der Waals surface area contributed by atoms with Crippen LogP contribution in [0.1, 0.15) is 23.1 Å². The van der Waals surface area contributed by atoms with Crippen molar-refractivity contribution < 1.29 is 14.5 Å².